The number of hydrogen-bond donors (Lipinski definition) is 2. The summed E-state index contributed by atoms with van der Waals surface area (Å²) in [7, 11) is -2.63. The smallest absolute Gasteiger partial charge is 0.413 e. The lowest BCUT2D eigenvalue weighted by Crippen LogP contribution is -2.49. The second-order valence-electron chi connectivity index (χ2n) is 7.91. The summed E-state index contributed by atoms with van der Waals surface area (Å²) >= 11 is 2.43. The second kappa shape index (κ2) is 9.92. The largest absolute Gasteiger partial charge is 0.453 e. The number of thiophene rings is 2. The molecule has 1 fully saturated rings. The summed E-state index contributed by atoms with van der Waals surface area (Å²) in [5.74, 6) is -1.11. The molecule has 4 rings (SSSR count). The maximum absolute atomic E-state index is 13.3. The van der Waals surface area contributed by atoms with Crippen molar-refractivity contribution in [2.24, 2.45) is 0 Å². The first kappa shape index (κ1) is 23.9. The van der Waals surface area contributed by atoms with Gasteiger partial charge in [0.15, 0.2) is 0 Å². The molecule has 2 N–H and O–H groups in total. The van der Waals surface area contributed by atoms with Crippen LogP contribution in [0, 0.1) is 0 Å². The highest BCUT2D eigenvalue weighted by Crippen LogP contribution is 2.39. The van der Waals surface area contributed by atoms with Gasteiger partial charge in [-0.05, 0) is 55.5 Å². The van der Waals surface area contributed by atoms with E-state index >= 15 is 0 Å². The van der Waals surface area contributed by atoms with Gasteiger partial charge in [0.1, 0.15) is 15.3 Å². The molecule has 1 saturated heterocycles. The minimum absolute atomic E-state index is 0.201. The Morgan fingerprint density at radius 3 is 2.67 bits per heavy atom. The number of ether oxygens (including phenoxy) is 1. The van der Waals surface area contributed by atoms with E-state index in [9.17, 15) is 22.8 Å². The van der Waals surface area contributed by atoms with Crippen molar-refractivity contribution >= 4 is 55.6 Å². The Balaban J connectivity index is 1.63. The van der Waals surface area contributed by atoms with Gasteiger partial charge >= 0.3 is 6.09 Å². The number of methoxy groups -OCH3 is 1. The highest BCUT2D eigenvalue weighted by Gasteiger charge is 2.39. The number of carbonyl (C=O) groups excluding carboxylic acids is 3. The van der Waals surface area contributed by atoms with Crippen LogP contribution in [0.15, 0.2) is 21.7 Å². The molecule has 2 aliphatic rings. The van der Waals surface area contributed by atoms with E-state index in [2.05, 4.69) is 15.4 Å². The van der Waals surface area contributed by atoms with Crippen LogP contribution < -0.4 is 10.6 Å². The number of alkyl carbamates (subject to hydrolysis) is 1. The monoisotopic (exact) mass is 511 g/mol. The molecule has 2 aromatic rings. The van der Waals surface area contributed by atoms with E-state index in [1.807, 2.05) is 0 Å². The SMILES string of the molecule is COC(=O)NC(=O)c1c(NC(=O)C2CCCCN2S(=O)(=O)c2cccs2)sc2c1CCCC2. The topological polar surface area (TPSA) is 122 Å². The van der Waals surface area contributed by atoms with Crippen LogP contribution in [-0.2, 0) is 32.4 Å². The van der Waals surface area contributed by atoms with Gasteiger partial charge in [-0.25, -0.2) is 13.2 Å². The van der Waals surface area contributed by atoms with Gasteiger partial charge in [-0.15, -0.1) is 22.7 Å². The van der Waals surface area contributed by atoms with E-state index in [1.165, 1.54) is 28.8 Å². The predicted molar refractivity (Wildman–Crippen MR) is 125 cm³/mol. The van der Waals surface area contributed by atoms with Gasteiger partial charge in [0.2, 0.25) is 5.91 Å². The molecule has 178 valence electrons. The molecule has 1 aliphatic heterocycles. The second-order valence-corrected chi connectivity index (χ2v) is 12.1. The fraction of sp³-hybridized carbons (Fsp3) is 0.476. The highest BCUT2D eigenvalue weighted by molar-refractivity contribution is 7.91. The van der Waals surface area contributed by atoms with Crippen LogP contribution in [0.1, 0.15) is 52.9 Å². The number of piperidine rings is 1. The van der Waals surface area contributed by atoms with E-state index in [-0.39, 0.29) is 16.3 Å². The molecule has 0 bridgehead atoms. The molecule has 0 aromatic carbocycles. The lowest BCUT2D eigenvalue weighted by molar-refractivity contribution is -0.120. The van der Waals surface area contributed by atoms with E-state index in [0.717, 1.165) is 47.5 Å². The third-order valence-corrected chi connectivity index (χ3v) is 10.3. The van der Waals surface area contributed by atoms with Gasteiger partial charge in [-0.1, -0.05) is 12.5 Å². The lowest BCUT2D eigenvalue weighted by atomic mass is 9.95. The number of nitrogens with zero attached hydrogens (tertiary/aromatic N) is 1. The predicted octanol–water partition coefficient (Wildman–Crippen LogP) is 3.37. The zero-order valence-electron chi connectivity index (χ0n) is 18.1. The van der Waals surface area contributed by atoms with Crippen molar-refractivity contribution in [2.75, 3.05) is 19.0 Å². The molecule has 3 amide bonds. The van der Waals surface area contributed by atoms with E-state index in [4.69, 9.17) is 0 Å². The molecule has 2 aromatic heterocycles. The van der Waals surface area contributed by atoms with E-state index in [0.29, 0.717) is 24.3 Å². The Hall–Kier alpha value is -2.28. The van der Waals surface area contributed by atoms with Crippen molar-refractivity contribution in [3.05, 3.63) is 33.5 Å². The number of hydrogen-bond acceptors (Lipinski definition) is 8. The number of aryl methyl sites for hydroxylation is 1. The number of fused-ring (bicyclic) bond motifs is 1. The van der Waals surface area contributed by atoms with Gasteiger partial charge in [0.05, 0.1) is 12.7 Å². The minimum Gasteiger partial charge on any atom is -0.453 e. The Kier molecular flexibility index (Phi) is 7.17. The summed E-state index contributed by atoms with van der Waals surface area (Å²) in [6.45, 7) is 0.259. The number of nitrogens with one attached hydrogen (secondary N) is 2. The fourth-order valence-electron chi connectivity index (χ4n) is 4.28. The summed E-state index contributed by atoms with van der Waals surface area (Å²) in [5.41, 5.74) is 1.09. The van der Waals surface area contributed by atoms with Crippen LogP contribution in [0.2, 0.25) is 0 Å². The minimum atomic E-state index is -3.80. The van der Waals surface area contributed by atoms with E-state index < -0.39 is 34.0 Å². The van der Waals surface area contributed by atoms with Crippen LogP contribution in [0.5, 0.6) is 0 Å². The molecular formula is C21H25N3O6S3. The van der Waals surface area contributed by atoms with Crippen LogP contribution in [0.25, 0.3) is 0 Å². The van der Waals surface area contributed by atoms with Crippen molar-refractivity contribution in [3.63, 3.8) is 0 Å². The van der Waals surface area contributed by atoms with Crippen molar-refractivity contribution in [2.45, 2.75) is 55.2 Å². The van der Waals surface area contributed by atoms with Gasteiger partial charge < -0.3 is 10.1 Å². The maximum atomic E-state index is 13.3. The lowest BCUT2D eigenvalue weighted by Gasteiger charge is -2.33. The number of carbonyl (C=O) groups is 3. The summed E-state index contributed by atoms with van der Waals surface area (Å²) in [6.07, 6.45) is 4.27. The van der Waals surface area contributed by atoms with Crippen molar-refractivity contribution in [1.82, 2.24) is 9.62 Å². The third kappa shape index (κ3) is 4.84. The molecule has 1 atom stereocenters. The van der Waals surface area contributed by atoms with Gasteiger partial charge in [-0.3, -0.25) is 14.9 Å². The Labute approximate surface area is 200 Å². The molecule has 0 radical (unpaired) electrons. The number of rotatable bonds is 5. The van der Waals surface area contributed by atoms with Crippen LogP contribution in [0.3, 0.4) is 0 Å². The number of anilines is 1. The summed E-state index contributed by atoms with van der Waals surface area (Å²) < 4.78 is 32.3. The van der Waals surface area contributed by atoms with Crippen molar-refractivity contribution < 1.29 is 27.5 Å². The van der Waals surface area contributed by atoms with Crippen molar-refractivity contribution in [1.29, 1.82) is 0 Å². The Bertz CT molecular complexity index is 1160. The zero-order chi connectivity index (χ0) is 23.6. The average molecular weight is 512 g/mol. The molecule has 3 heterocycles. The number of imide groups is 1. The molecule has 0 spiro atoms. The zero-order valence-corrected chi connectivity index (χ0v) is 20.5. The van der Waals surface area contributed by atoms with Gasteiger partial charge in [-0.2, -0.15) is 4.31 Å². The van der Waals surface area contributed by atoms with E-state index in [1.54, 1.807) is 11.4 Å². The molecule has 9 nitrogen and oxygen atoms in total. The first-order valence-electron chi connectivity index (χ1n) is 10.7. The first-order chi connectivity index (χ1) is 15.8. The van der Waals surface area contributed by atoms with Gasteiger partial charge in [0.25, 0.3) is 15.9 Å². The quantitative estimate of drug-likeness (QED) is 0.635. The Morgan fingerprint density at radius 2 is 1.94 bits per heavy atom. The standard InChI is InChI=1S/C21H25N3O6S3/c1-30-21(27)23-19(26)17-13-7-2-3-9-15(13)32-20(17)22-18(25)14-8-4-5-11-24(14)33(28,29)16-10-6-12-31-16/h6,10,12,14H,2-5,7-9,11H2,1H3,(H,22,25)(H,23,26,27). The number of sulfonamides is 1. The van der Waals surface area contributed by atoms with Crippen LogP contribution >= 0.6 is 22.7 Å². The van der Waals surface area contributed by atoms with Crippen molar-refractivity contribution in [3.8, 4) is 0 Å². The molecular weight excluding hydrogens is 486 g/mol. The molecule has 1 aliphatic carbocycles. The molecule has 0 saturated carbocycles. The molecule has 12 heteroatoms. The highest BCUT2D eigenvalue weighted by atomic mass is 32.2. The summed E-state index contributed by atoms with van der Waals surface area (Å²) in [4.78, 5) is 38.8. The maximum Gasteiger partial charge on any atom is 0.413 e. The third-order valence-electron chi connectivity index (χ3n) is 5.85. The normalized spacial score (nSPS) is 18.9. The average Bonchev–Trinajstić information content (AvgIpc) is 3.47. The number of amides is 3. The van der Waals surface area contributed by atoms with Crippen LogP contribution in [0.4, 0.5) is 9.80 Å². The first-order valence-corrected chi connectivity index (χ1v) is 13.9. The fourth-order valence-corrected chi connectivity index (χ4v) is 8.34. The Morgan fingerprint density at radius 1 is 1.15 bits per heavy atom. The molecule has 1 unspecified atom stereocenters. The molecule has 33 heavy (non-hydrogen) atoms. The summed E-state index contributed by atoms with van der Waals surface area (Å²) in [5, 5.41) is 7.03. The summed E-state index contributed by atoms with van der Waals surface area (Å²) in [6, 6.07) is 2.33. The van der Waals surface area contributed by atoms with Gasteiger partial charge in [0, 0.05) is 11.4 Å². The van der Waals surface area contributed by atoms with Crippen LogP contribution in [-0.4, -0.2) is 50.3 Å².